The molecule has 18 heavy (non-hydrogen) atoms. The molecule has 1 N–H and O–H groups in total. The molecule has 1 heterocycles. The van der Waals surface area contributed by atoms with Gasteiger partial charge in [-0.1, -0.05) is 0 Å². The number of nitrogens with zero attached hydrogens (tertiary/aromatic N) is 3. The van der Waals surface area contributed by atoms with Crippen LogP contribution in [0, 0.1) is 11.7 Å². The zero-order valence-corrected chi connectivity index (χ0v) is 11.3. The molecule has 0 atom stereocenters. The number of halogens is 1. The molecule has 4 nitrogen and oxygen atoms in total. The van der Waals surface area contributed by atoms with Crippen molar-refractivity contribution in [2.75, 3.05) is 23.3 Å². The molecule has 1 aromatic rings. The number of hydrogen-bond donors (Lipinski definition) is 1. The number of nitrogens with one attached hydrogen (secondary N) is 1. The smallest absolute Gasteiger partial charge is 0.224 e. The first-order valence-corrected chi connectivity index (χ1v) is 6.64. The summed E-state index contributed by atoms with van der Waals surface area (Å²) in [4.78, 5) is 10.3. The molecule has 1 fully saturated rings. The Morgan fingerprint density at radius 1 is 1.50 bits per heavy atom. The number of hydrogen-bond acceptors (Lipinski definition) is 4. The Morgan fingerprint density at radius 2 is 2.22 bits per heavy atom. The van der Waals surface area contributed by atoms with E-state index in [2.05, 4.69) is 29.1 Å². The molecule has 1 aliphatic carbocycles. The molecule has 0 radical (unpaired) electrons. The van der Waals surface area contributed by atoms with E-state index in [1.807, 2.05) is 11.8 Å². The van der Waals surface area contributed by atoms with Crippen LogP contribution in [0.1, 0.15) is 33.6 Å². The van der Waals surface area contributed by atoms with Gasteiger partial charge in [0.2, 0.25) is 5.95 Å². The Labute approximate surface area is 108 Å². The van der Waals surface area contributed by atoms with Crippen LogP contribution in [-0.2, 0) is 0 Å². The first-order valence-electron chi connectivity index (χ1n) is 6.64. The van der Waals surface area contributed by atoms with Gasteiger partial charge in [0.1, 0.15) is 0 Å². The predicted molar refractivity (Wildman–Crippen MR) is 71.4 cm³/mol. The van der Waals surface area contributed by atoms with Gasteiger partial charge in [0, 0.05) is 19.1 Å². The van der Waals surface area contributed by atoms with Crippen molar-refractivity contribution in [2.45, 2.75) is 39.7 Å². The maximum absolute atomic E-state index is 13.9. The highest BCUT2D eigenvalue weighted by molar-refractivity contribution is 5.45. The van der Waals surface area contributed by atoms with Crippen LogP contribution < -0.4 is 10.2 Å². The Hall–Kier alpha value is -1.39. The third-order valence-electron chi connectivity index (χ3n) is 3.11. The summed E-state index contributed by atoms with van der Waals surface area (Å²) in [6.07, 6.45) is 3.74. The summed E-state index contributed by atoms with van der Waals surface area (Å²) < 4.78 is 13.9. The highest BCUT2D eigenvalue weighted by Crippen LogP contribution is 2.32. The highest BCUT2D eigenvalue weighted by atomic mass is 19.1. The van der Waals surface area contributed by atoms with E-state index in [-0.39, 0.29) is 11.9 Å². The summed E-state index contributed by atoms with van der Waals surface area (Å²) in [5.74, 6) is 1.27. The summed E-state index contributed by atoms with van der Waals surface area (Å²) >= 11 is 0. The normalized spacial score (nSPS) is 14.9. The van der Waals surface area contributed by atoms with Gasteiger partial charge in [-0.05, 0) is 39.5 Å². The van der Waals surface area contributed by atoms with Gasteiger partial charge in [-0.15, -0.1) is 0 Å². The molecule has 0 aromatic carbocycles. The molecule has 0 unspecified atom stereocenters. The van der Waals surface area contributed by atoms with Crippen LogP contribution in [0.5, 0.6) is 0 Å². The first-order chi connectivity index (χ1) is 8.61. The highest BCUT2D eigenvalue weighted by Gasteiger charge is 2.27. The van der Waals surface area contributed by atoms with Crippen LogP contribution in [0.4, 0.5) is 16.2 Å². The lowest BCUT2D eigenvalue weighted by Crippen LogP contribution is -2.34. The van der Waals surface area contributed by atoms with Crippen LogP contribution >= 0.6 is 0 Å². The lowest BCUT2D eigenvalue weighted by atomic mass is 10.2. The molecule has 2 rings (SSSR count). The number of anilines is 2. The maximum atomic E-state index is 13.9. The van der Waals surface area contributed by atoms with Crippen molar-refractivity contribution in [3.05, 3.63) is 12.0 Å². The van der Waals surface area contributed by atoms with Gasteiger partial charge < -0.3 is 10.2 Å². The van der Waals surface area contributed by atoms with Crippen LogP contribution in [0.15, 0.2) is 6.20 Å². The van der Waals surface area contributed by atoms with Crippen LogP contribution in [-0.4, -0.2) is 29.1 Å². The fourth-order valence-corrected chi connectivity index (χ4v) is 1.92. The molecule has 0 aliphatic heterocycles. The topological polar surface area (TPSA) is 41.1 Å². The summed E-state index contributed by atoms with van der Waals surface area (Å²) in [6, 6.07) is 0.240. The minimum atomic E-state index is -0.342. The zero-order chi connectivity index (χ0) is 13.1. The summed E-state index contributed by atoms with van der Waals surface area (Å²) in [5, 5.41) is 3.02. The van der Waals surface area contributed by atoms with E-state index in [4.69, 9.17) is 0 Å². The van der Waals surface area contributed by atoms with E-state index in [9.17, 15) is 4.39 Å². The SMILES string of the molecule is CCNc1ncc(F)c(N(CC2CC2)C(C)C)n1. The van der Waals surface area contributed by atoms with Gasteiger partial charge in [-0.25, -0.2) is 9.37 Å². The van der Waals surface area contributed by atoms with Gasteiger partial charge in [-0.2, -0.15) is 4.98 Å². The molecule has 0 saturated heterocycles. The van der Waals surface area contributed by atoms with Crippen molar-refractivity contribution in [3.63, 3.8) is 0 Å². The van der Waals surface area contributed by atoms with Gasteiger partial charge in [0.25, 0.3) is 0 Å². The van der Waals surface area contributed by atoms with Gasteiger partial charge in [-0.3, -0.25) is 0 Å². The molecule has 100 valence electrons. The van der Waals surface area contributed by atoms with Crippen LogP contribution in [0.25, 0.3) is 0 Å². The standard InChI is InChI=1S/C13H21FN4/c1-4-15-13-16-7-11(14)12(17-13)18(9(2)3)8-10-5-6-10/h7,9-10H,4-6,8H2,1-3H3,(H,15,16,17). The van der Waals surface area contributed by atoms with E-state index in [1.165, 1.54) is 19.0 Å². The largest absolute Gasteiger partial charge is 0.354 e. The summed E-state index contributed by atoms with van der Waals surface area (Å²) in [5.41, 5.74) is 0. The lowest BCUT2D eigenvalue weighted by Gasteiger charge is -2.28. The molecule has 0 bridgehead atoms. The second-order valence-electron chi connectivity index (χ2n) is 5.08. The van der Waals surface area contributed by atoms with Gasteiger partial charge in [0.15, 0.2) is 11.6 Å². The predicted octanol–water partition coefficient (Wildman–Crippen LogP) is 2.67. The van der Waals surface area contributed by atoms with Gasteiger partial charge >= 0.3 is 0 Å². The Kier molecular flexibility index (Phi) is 3.99. The van der Waals surface area contributed by atoms with Crippen molar-refractivity contribution >= 4 is 11.8 Å². The maximum Gasteiger partial charge on any atom is 0.224 e. The number of aromatic nitrogens is 2. The minimum absolute atomic E-state index is 0.240. The van der Waals surface area contributed by atoms with Crippen molar-refractivity contribution < 1.29 is 4.39 Å². The lowest BCUT2D eigenvalue weighted by molar-refractivity contribution is 0.573. The average Bonchev–Trinajstić information content (AvgIpc) is 3.13. The zero-order valence-electron chi connectivity index (χ0n) is 11.3. The molecule has 1 aliphatic rings. The minimum Gasteiger partial charge on any atom is -0.354 e. The average molecular weight is 252 g/mol. The third kappa shape index (κ3) is 3.09. The number of rotatable bonds is 6. The summed E-state index contributed by atoms with van der Waals surface area (Å²) in [6.45, 7) is 7.72. The molecule has 0 amide bonds. The van der Waals surface area contributed by atoms with Crippen molar-refractivity contribution in [2.24, 2.45) is 5.92 Å². The van der Waals surface area contributed by atoms with Crippen LogP contribution in [0.2, 0.25) is 0 Å². The van der Waals surface area contributed by atoms with E-state index < -0.39 is 0 Å². The first kappa shape index (κ1) is 13.1. The fourth-order valence-electron chi connectivity index (χ4n) is 1.92. The molecular formula is C13H21FN4. The van der Waals surface area contributed by atoms with Crippen molar-refractivity contribution in [1.29, 1.82) is 0 Å². The molecular weight excluding hydrogens is 231 g/mol. The quantitative estimate of drug-likeness (QED) is 0.845. The second kappa shape index (κ2) is 5.50. The Bertz CT molecular complexity index is 404. The Morgan fingerprint density at radius 3 is 2.78 bits per heavy atom. The van der Waals surface area contributed by atoms with E-state index in [0.717, 1.165) is 13.1 Å². The van der Waals surface area contributed by atoms with Crippen LogP contribution in [0.3, 0.4) is 0 Å². The molecule has 1 aromatic heterocycles. The van der Waals surface area contributed by atoms with E-state index in [0.29, 0.717) is 17.7 Å². The Balaban J connectivity index is 2.23. The fraction of sp³-hybridized carbons (Fsp3) is 0.692. The molecule has 1 saturated carbocycles. The molecule has 0 spiro atoms. The summed E-state index contributed by atoms with van der Waals surface area (Å²) in [7, 11) is 0. The third-order valence-corrected chi connectivity index (χ3v) is 3.11. The van der Waals surface area contributed by atoms with E-state index in [1.54, 1.807) is 0 Å². The monoisotopic (exact) mass is 252 g/mol. The van der Waals surface area contributed by atoms with Crippen molar-refractivity contribution in [3.8, 4) is 0 Å². The van der Waals surface area contributed by atoms with Crippen molar-refractivity contribution in [1.82, 2.24) is 9.97 Å². The van der Waals surface area contributed by atoms with Gasteiger partial charge in [0.05, 0.1) is 6.20 Å². The molecule has 5 heteroatoms. The second-order valence-corrected chi connectivity index (χ2v) is 5.08. The van der Waals surface area contributed by atoms with E-state index >= 15 is 0 Å².